The number of urea groups is 1. The van der Waals surface area contributed by atoms with E-state index >= 15 is 0 Å². The van der Waals surface area contributed by atoms with Gasteiger partial charge in [-0.15, -0.1) is 0 Å². The molecule has 110 valence electrons. The molecule has 0 aliphatic rings. The molecule has 0 aliphatic carbocycles. The Balaban J connectivity index is 2.68. The van der Waals surface area contributed by atoms with Crippen molar-refractivity contribution in [2.24, 2.45) is 5.92 Å². The zero-order chi connectivity index (χ0) is 15.3. The predicted octanol–water partition coefficient (Wildman–Crippen LogP) is 3.61. The zero-order valence-electron chi connectivity index (χ0n) is 11.1. The van der Waals surface area contributed by atoms with Crippen LogP contribution in [0.1, 0.15) is 20.3 Å². The number of nitrogens with one attached hydrogen (secondary N) is 2. The molecule has 0 bridgehead atoms. The van der Waals surface area contributed by atoms with Crippen LogP contribution < -0.4 is 10.6 Å². The van der Waals surface area contributed by atoms with Crippen LogP contribution in [0.4, 0.5) is 10.5 Å². The number of hydrogen-bond donors (Lipinski definition) is 3. The Bertz CT molecular complexity index is 486. The molecule has 1 rings (SSSR count). The first-order valence-electron chi connectivity index (χ1n) is 6.04. The second-order valence-electron chi connectivity index (χ2n) is 4.78. The van der Waals surface area contributed by atoms with Gasteiger partial charge in [0.25, 0.3) is 0 Å². The SMILES string of the molecule is CC(C)C[C@H](NC(=O)Nc1cc(Cl)cc(Cl)c1)C(=O)O. The predicted molar refractivity (Wildman–Crippen MR) is 79.5 cm³/mol. The van der Waals surface area contributed by atoms with E-state index in [-0.39, 0.29) is 5.92 Å². The number of carboxylic acid groups (broad SMARTS) is 1. The summed E-state index contributed by atoms with van der Waals surface area (Å²) in [6.07, 6.45) is 0.346. The van der Waals surface area contributed by atoms with Gasteiger partial charge in [0.1, 0.15) is 6.04 Å². The molecule has 0 radical (unpaired) electrons. The maximum Gasteiger partial charge on any atom is 0.326 e. The minimum Gasteiger partial charge on any atom is -0.480 e. The van der Waals surface area contributed by atoms with Gasteiger partial charge in [0.15, 0.2) is 0 Å². The summed E-state index contributed by atoms with van der Waals surface area (Å²) in [6, 6.07) is 3.02. The van der Waals surface area contributed by atoms with E-state index in [9.17, 15) is 9.59 Å². The molecule has 1 aromatic rings. The Morgan fingerprint density at radius 3 is 2.20 bits per heavy atom. The first kappa shape index (κ1) is 16.6. The highest BCUT2D eigenvalue weighted by Gasteiger charge is 2.21. The molecule has 1 atom stereocenters. The molecule has 0 saturated carbocycles. The molecule has 2 amide bonds. The summed E-state index contributed by atoms with van der Waals surface area (Å²) in [7, 11) is 0. The summed E-state index contributed by atoms with van der Waals surface area (Å²) >= 11 is 11.6. The molecule has 20 heavy (non-hydrogen) atoms. The van der Waals surface area contributed by atoms with Crippen LogP contribution in [0.25, 0.3) is 0 Å². The average molecular weight is 319 g/mol. The van der Waals surface area contributed by atoms with E-state index in [1.54, 1.807) is 0 Å². The maximum atomic E-state index is 11.8. The highest BCUT2D eigenvalue weighted by atomic mass is 35.5. The number of benzene rings is 1. The van der Waals surface area contributed by atoms with Crippen LogP contribution in [0.15, 0.2) is 18.2 Å². The van der Waals surface area contributed by atoms with Crippen molar-refractivity contribution in [1.82, 2.24) is 5.32 Å². The van der Waals surface area contributed by atoms with E-state index in [1.807, 2.05) is 13.8 Å². The van der Waals surface area contributed by atoms with Crippen molar-refractivity contribution < 1.29 is 14.7 Å². The Labute approximate surface area is 127 Å². The second-order valence-corrected chi connectivity index (χ2v) is 5.65. The monoisotopic (exact) mass is 318 g/mol. The van der Waals surface area contributed by atoms with Crippen molar-refractivity contribution in [2.45, 2.75) is 26.3 Å². The summed E-state index contributed by atoms with van der Waals surface area (Å²) in [4.78, 5) is 22.8. The lowest BCUT2D eigenvalue weighted by molar-refractivity contribution is -0.139. The molecule has 0 fully saturated rings. The van der Waals surface area contributed by atoms with Gasteiger partial charge in [-0.1, -0.05) is 37.0 Å². The van der Waals surface area contributed by atoms with Gasteiger partial charge in [-0.3, -0.25) is 0 Å². The van der Waals surface area contributed by atoms with Gasteiger partial charge < -0.3 is 15.7 Å². The summed E-state index contributed by atoms with van der Waals surface area (Å²) in [5.41, 5.74) is 0.397. The first-order valence-corrected chi connectivity index (χ1v) is 6.80. The van der Waals surface area contributed by atoms with Crippen molar-refractivity contribution in [3.05, 3.63) is 28.2 Å². The summed E-state index contributed by atoms with van der Waals surface area (Å²) in [5.74, 6) is -0.921. The van der Waals surface area contributed by atoms with Crippen molar-refractivity contribution in [2.75, 3.05) is 5.32 Å². The molecule has 0 spiro atoms. The van der Waals surface area contributed by atoms with Crippen molar-refractivity contribution in [1.29, 1.82) is 0 Å². The van der Waals surface area contributed by atoms with Gasteiger partial charge >= 0.3 is 12.0 Å². The Hall–Kier alpha value is -1.46. The van der Waals surface area contributed by atoms with Crippen LogP contribution in [0, 0.1) is 5.92 Å². The fraction of sp³-hybridized carbons (Fsp3) is 0.385. The van der Waals surface area contributed by atoms with Crippen molar-refractivity contribution >= 4 is 40.9 Å². The minimum absolute atomic E-state index is 0.150. The van der Waals surface area contributed by atoms with Gasteiger partial charge in [-0.05, 0) is 30.5 Å². The van der Waals surface area contributed by atoms with E-state index in [0.29, 0.717) is 22.2 Å². The molecule has 0 aliphatic heterocycles. The molecule has 7 heteroatoms. The van der Waals surface area contributed by atoms with Crippen molar-refractivity contribution in [3.63, 3.8) is 0 Å². The van der Waals surface area contributed by atoms with Crippen LogP contribution in [-0.4, -0.2) is 23.1 Å². The van der Waals surface area contributed by atoms with Gasteiger partial charge in [-0.25, -0.2) is 9.59 Å². The zero-order valence-corrected chi connectivity index (χ0v) is 12.6. The molecule has 0 aromatic heterocycles. The van der Waals surface area contributed by atoms with E-state index in [1.165, 1.54) is 18.2 Å². The number of halogens is 2. The minimum atomic E-state index is -1.07. The Morgan fingerprint density at radius 2 is 1.75 bits per heavy atom. The standard InChI is InChI=1S/C13H16Cl2N2O3/c1-7(2)3-11(12(18)19)17-13(20)16-10-5-8(14)4-9(15)6-10/h4-7,11H,3H2,1-2H3,(H,18,19)(H2,16,17,20)/t11-/m0/s1. The number of carbonyl (C=O) groups excluding carboxylic acids is 1. The summed E-state index contributed by atoms with van der Waals surface area (Å²) in [5, 5.41) is 14.7. The smallest absolute Gasteiger partial charge is 0.326 e. The fourth-order valence-corrected chi connectivity index (χ4v) is 2.17. The Morgan fingerprint density at radius 1 is 1.20 bits per heavy atom. The van der Waals surface area contributed by atoms with Gasteiger partial charge in [-0.2, -0.15) is 0 Å². The number of amides is 2. The van der Waals surface area contributed by atoms with Gasteiger partial charge in [0.2, 0.25) is 0 Å². The molecule has 0 saturated heterocycles. The van der Waals surface area contributed by atoms with Crippen LogP contribution in [0.3, 0.4) is 0 Å². The lowest BCUT2D eigenvalue weighted by Gasteiger charge is -2.17. The van der Waals surface area contributed by atoms with Crippen LogP contribution in [0.5, 0.6) is 0 Å². The van der Waals surface area contributed by atoms with Crippen LogP contribution in [0.2, 0.25) is 10.0 Å². The lowest BCUT2D eigenvalue weighted by atomic mass is 10.0. The number of carbonyl (C=O) groups is 2. The molecule has 3 N–H and O–H groups in total. The molecule has 0 unspecified atom stereocenters. The Kier molecular flexibility index (Phi) is 6.10. The fourth-order valence-electron chi connectivity index (χ4n) is 1.64. The molecule has 0 heterocycles. The highest BCUT2D eigenvalue weighted by Crippen LogP contribution is 2.22. The largest absolute Gasteiger partial charge is 0.480 e. The second kappa shape index (κ2) is 7.36. The third-order valence-corrected chi connectivity index (χ3v) is 2.87. The summed E-state index contributed by atoms with van der Waals surface area (Å²) in [6.45, 7) is 3.76. The normalized spacial score (nSPS) is 12.1. The van der Waals surface area contributed by atoms with E-state index in [0.717, 1.165) is 0 Å². The summed E-state index contributed by atoms with van der Waals surface area (Å²) < 4.78 is 0. The van der Waals surface area contributed by atoms with Crippen LogP contribution >= 0.6 is 23.2 Å². The number of hydrogen-bond acceptors (Lipinski definition) is 2. The maximum absolute atomic E-state index is 11.8. The number of aliphatic carboxylic acids is 1. The number of rotatable bonds is 5. The highest BCUT2D eigenvalue weighted by molar-refractivity contribution is 6.35. The van der Waals surface area contributed by atoms with Crippen molar-refractivity contribution in [3.8, 4) is 0 Å². The van der Waals surface area contributed by atoms with Gasteiger partial charge in [0, 0.05) is 15.7 Å². The number of carboxylic acids is 1. The first-order chi connectivity index (χ1) is 9.27. The topological polar surface area (TPSA) is 78.4 Å². The van der Waals surface area contributed by atoms with E-state index in [2.05, 4.69) is 10.6 Å². The molecular weight excluding hydrogens is 303 g/mol. The molecule has 5 nitrogen and oxygen atoms in total. The lowest BCUT2D eigenvalue weighted by Crippen LogP contribution is -2.43. The van der Waals surface area contributed by atoms with E-state index in [4.69, 9.17) is 28.3 Å². The molecule has 1 aromatic carbocycles. The average Bonchev–Trinajstić information content (AvgIpc) is 2.25. The third-order valence-electron chi connectivity index (χ3n) is 2.43. The van der Waals surface area contributed by atoms with Crippen LogP contribution in [-0.2, 0) is 4.79 Å². The number of anilines is 1. The van der Waals surface area contributed by atoms with Gasteiger partial charge in [0.05, 0.1) is 0 Å². The molecular formula is C13H16Cl2N2O3. The quantitative estimate of drug-likeness (QED) is 0.775. The van der Waals surface area contributed by atoms with E-state index < -0.39 is 18.0 Å². The third kappa shape index (κ3) is 5.67.